The lowest BCUT2D eigenvalue weighted by molar-refractivity contribution is -0.129. The summed E-state index contributed by atoms with van der Waals surface area (Å²) in [6, 6.07) is 0.00872. The van der Waals surface area contributed by atoms with Crippen molar-refractivity contribution < 1.29 is 9.59 Å². The monoisotopic (exact) mass is 324 g/mol. The lowest BCUT2D eigenvalue weighted by Gasteiger charge is -2.31. The van der Waals surface area contributed by atoms with Crippen LogP contribution in [0.2, 0.25) is 0 Å². The maximum absolute atomic E-state index is 11.9. The van der Waals surface area contributed by atoms with Crippen LogP contribution in [0.1, 0.15) is 43.3 Å². The topological polar surface area (TPSA) is 74.3 Å². The molecule has 1 aliphatic heterocycles. The average molecular weight is 324 g/mol. The Balaban J connectivity index is 1.69. The van der Waals surface area contributed by atoms with Crippen molar-refractivity contribution in [3.63, 3.8) is 0 Å². The molecule has 0 saturated carbocycles. The minimum atomic E-state index is -0.138. The number of rotatable bonds is 4. The van der Waals surface area contributed by atoms with E-state index in [2.05, 4.69) is 22.5 Å². The second-order valence-corrected chi connectivity index (χ2v) is 6.75. The van der Waals surface area contributed by atoms with E-state index in [9.17, 15) is 9.59 Å². The summed E-state index contributed by atoms with van der Waals surface area (Å²) in [5.74, 6) is 0.319. The van der Waals surface area contributed by atoms with E-state index in [-0.39, 0.29) is 23.9 Å². The highest BCUT2D eigenvalue weighted by Gasteiger charge is 2.22. The number of thiazole rings is 1. The maximum Gasteiger partial charge on any atom is 0.315 e. The average Bonchev–Trinajstić information content (AvgIpc) is 2.92. The highest BCUT2D eigenvalue weighted by molar-refractivity contribution is 7.09. The molecule has 1 saturated heterocycles. The van der Waals surface area contributed by atoms with Crippen LogP contribution in [0.5, 0.6) is 0 Å². The van der Waals surface area contributed by atoms with Crippen molar-refractivity contribution in [2.24, 2.45) is 0 Å². The third kappa shape index (κ3) is 4.69. The third-order valence-corrected chi connectivity index (χ3v) is 5.10. The number of nitrogens with zero attached hydrogens (tertiary/aromatic N) is 2. The Labute approximate surface area is 135 Å². The standard InChI is InChI=1S/C15H24N4O2S/c1-10(14-17-11(2)9-22-14)8-16-15(21)18-13-4-6-19(7-5-13)12(3)20/h9-10,13H,4-8H2,1-3H3,(H2,16,18,21). The Kier molecular flexibility index (Phi) is 5.76. The Bertz CT molecular complexity index is 523. The fourth-order valence-corrected chi connectivity index (χ4v) is 3.36. The number of hydrogen-bond acceptors (Lipinski definition) is 4. The molecule has 1 aromatic rings. The zero-order valence-corrected chi connectivity index (χ0v) is 14.2. The van der Waals surface area contributed by atoms with Gasteiger partial charge in [0.15, 0.2) is 0 Å². The predicted octanol–water partition coefficient (Wildman–Crippen LogP) is 1.87. The summed E-state index contributed by atoms with van der Waals surface area (Å²) in [4.78, 5) is 29.5. The van der Waals surface area contributed by atoms with Gasteiger partial charge < -0.3 is 15.5 Å². The molecule has 0 bridgehead atoms. The lowest BCUT2D eigenvalue weighted by Crippen LogP contribution is -2.49. The van der Waals surface area contributed by atoms with Gasteiger partial charge in [-0.3, -0.25) is 4.79 Å². The number of amides is 3. The van der Waals surface area contributed by atoms with Crippen LogP contribution >= 0.6 is 11.3 Å². The van der Waals surface area contributed by atoms with Gasteiger partial charge in [0.2, 0.25) is 5.91 Å². The number of hydrogen-bond donors (Lipinski definition) is 2. The van der Waals surface area contributed by atoms with Gasteiger partial charge in [-0.2, -0.15) is 0 Å². The van der Waals surface area contributed by atoms with Crippen molar-refractivity contribution in [3.8, 4) is 0 Å². The van der Waals surface area contributed by atoms with E-state index in [0.29, 0.717) is 6.54 Å². The van der Waals surface area contributed by atoms with Crippen LogP contribution < -0.4 is 10.6 Å². The van der Waals surface area contributed by atoms with Crippen molar-refractivity contribution in [1.29, 1.82) is 0 Å². The summed E-state index contributed by atoms with van der Waals surface area (Å²) in [7, 11) is 0. The van der Waals surface area contributed by atoms with Gasteiger partial charge in [0.25, 0.3) is 0 Å². The molecule has 0 aliphatic carbocycles. The summed E-state index contributed by atoms with van der Waals surface area (Å²) in [6.45, 7) is 7.63. The first-order chi connectivity index (χ1) is 10.5. The van der Waals surface area contributed by atoms with Gasteiger partial charge >= 0.3 is 6.03 Å². The van der Waals surface area contributed by atoms with Crippen LogP contribution in [-0.2, 0) is 4.79 Å². The Morgan fingerprint density at radius 1 is 1.45 bits per heavy atom. The van der Waals surface area contributed by atoms with Gasteiger partial charge in [-0.05, 0) is 19.8 Å². The van der Waals surface area contributed by atoms with E-state index in [1.54, 1.807) is 18.3 Å². The molecule has 2 rings (SSSR count). The molecular weight excluding hydrogens is 300 g/mol. The third-order valence-electron chi connectivity index (χ3n) is 3.90. The molecule has 2 heterocycles. The van der Waals surface area contributed by atoms with Crippen LogP contribution in [0.4, 0.5) is 4.79 Å². The molecule has 1 atom stereocenters. The number of likely N-dealkylation sites (tertiary alicyclic amines) is 1. The summed E-state index contributed by atoms with van der Waals surface area (Å²) in [5.41, 5.74) is 1.02. The lowest BCUT2D eigenvalue weighted by atomic mass is 10.1. The molecule has 3 amide bonds. The van der Waals surface area contributed by atoms with Gasteiger partial charge in [-0.25, -0.2) is 9.78 Å². The zero-order chi connectivity index (χ0) is 16.1. The minimum absolute atomic E-state index is 0.107. The molecule has 1 fully saturated rings. The smallest absolute Gasteiger partial charge is 0.315 e. The molecule has 0 aromatic carbocycles. The summed E-state index contributed by atoms with van der Waals surface area (Å²) in [5, 5.41) is 8.96. The molecular formula is C15H24N4O2S. The van der Waals surface area contributed by atoms with E-state index in [0.717, 1.165) is 36.6 Å². The molecule has 1 unspecified atom stereocenters. The molecule has 122 valence electrons. The van der Waals surface area contributed by atoms with Gasteiger partial charge in [0, 0.05) is 49.6 Å². The Hall–Kier alpha value is -1.63. The summed E-state index contributed by atoms with van der Waals surface area (Å²) < 4.78 is 0. The molecule has 6 nitrogen and oxygen atoms in total. The first-order valence-corrected chi connectivity index (χ1v) is 8.55. The van der Waals surface area contributed by atoms with Crippen LogP contribution in [0.25, 0.3) is 0 Å². The van der Waals surface area contributed by atoms with E-state index >= 15 is 0 Å². The first-order valence-electron chi connectivity index (χ1n) is 7.67. The number of carbonyl (C=O) groups excluding carboxylic acids is 2. The van der Waals surface area contributed by atoms with Crippen LogP contribution in [-0.4, -0.2) is 47.5 Å². The van der Waals surface area contributed by atoms with Crippen molar-refractivity contribution >= 4 is 23.3 Å². The fraction of sp³-hybridized carbons (Fsp3) is 0.667. The number of urea groups is 1. The van der Waals surface area contributed by atoms with E-state index in [4.69, 9.17) is 0 Å². The Morgan fingerprint density at radius 2 is 2.14 bits per heavy atom. The highest BCUT2D eigenvalue weighted by Crippen LogP contribution is 2.18. The van der Waals surface area contributed by atoms with Gasteiger partial charge in [0.05, 0.1) is 5.01 Å². The molecule has 22 heavy (non-hydrogen) atoms. The van der Waals surface area contributed by atoms with Crippen molar-refractivity contribution in [3.05, 3.63) is 16.1 Å². The van der Waals surface area contributed by atoms with Gasteiger partial charge in [-0.1, -0.05) is 6.92 Å². The second-order valence-electron chi connectivity index (χ2n) is 5.86. The number of carbonyl (C=O) groups is 2. The molecule has 1 aliphatic rings. The van der Waals surface area contributed by atoms with E-state index in [1.807, 2.05) is 17.2 Å². The molecule has 0 radical (unpaired) electrons. The molecule has 1 aromatic heterocycles. The number of nitrogens with one attached hydrogen (secondary N) is 2. The fourth-order valence-electron chi connectivity index (χ4n) is 2.51. The quantitative estimate of drug-likeness (QED) is 0.888. The summed E-state index contributed by atoms with van der Waals surface area (Å²) >= 11 is 1.63. The van der Waals surface area contributed by atoms with E-state index in [1.165, 1.54) is 0 Å². The molecule has 0 spiro atoms. The summed E-state index contributed by atoms with van der Waals surface area (Å²) in [6.07, 6.45) is 1.63. The number of piperidine rings is 1. The molecule has 2 N–H and O–H groups in total. The maximum atomic E-state index is 11.9. The highest BCUT2D eigenvalue weighted by atomic mass is 32.1. The normalized spacial score (nSPS) is 17.1. The second kappa shape index (κ2) is 7.58. The van der Waals surface area contributed by atoms with Crippen LogP contribution in [0, 0.1) is 6.92 Å². The van der Waals surface area contributed by atoms with Crippen molar-refractivity contribution in [2.75, 3.05) is 19.6 Å². The van der Waals surface area contributed by atoms with Gasteiger partial charge in [0.1, 0.15) is 0 Å². The zero-order valence-electron chi connectivity index (χ0n) is 13.4. The molecule has 7 heteroatoms. The number of aromatic nitrogens is 1. The largest absolute Gasteiger partial charge is 0.343 e. The van der Waals surface area contributed by atoms with Crippen LogP contribution in [0.3, 0.4) is 0 Å². The Morgan fingerprint density at radius 3 is 2.68 bits per heavy atom. The minimum Gasteiger partial charge on any atom is -0.343 e. The van der Waals surface area contributed by atoms with E-state index < -0.39 is 0 Å². The van der Waals surface area contributed by atoms with Crippen molar-refractivity contribution in [2.45, 2.75) is 45.6 Å². The van der Waals surface area contributed by atoms with Gasteiger partial charge in [-0.15, -0.1) is 11.3 Å². The van der Waals surface area contributed by atoms with Crippen molar-refractivity contribution in [1.82, 2.24) is 20.5 Å². The van der Waals surface area contributed by atoms with Crippen LogP contribution in [0.15, 0.2) is 5.38 Å². The SMILES string of the molecule is CC(=O)N1CCC(NC(=O)NCC(C)c2nc(C)cs2)CC1. The number of aryl methyl sites for hydroxylation is 1. The predicted molar refractivity (Wildman–Crippen MR) is 87.1 cm³/mol. The first kappa shape index (κ1) is 16.7.